The van der Waals surface area contributed by atoms with Crippen molar-refractivity contribution in [3.05, 3.63) is 0 Å². The first kappa shape index (κ1) is 23.5. The number of amides is 2. The molecule has 0 aromatic heterocycles. The number of urea groups is 1. The molecule has 2 heterocycles. The van der Waals surface area contributed by atoms with E-state index in [0.29, 0.717) is 38.6 Å². The molecular formula is C19H34FN5O4S2. The van der Waals surface area contributed by atoms with E-state index in [-0.39, 0.29) is 35.9 Å². The normalized spacial score (nSPS) is 36.0. The van der Waals surface area contributed by atoms with Crippen molar-refractivity contribution in [3.8, 4) is 0 Å². The fourth-order valence-electron chi connectivity index (χ4n) is 4.83. The van der Waals surface area contributed by atoms with Gasteiger partial charge >= 0.3 is 6.03 Å². The number of sulfonamides is 1. The van der Waals surface area contributed by atoms with Gasteiger partial charge in [0.15, 0.2) is 0 Å². The number of nitrogens with one attached hydrogen (secondary N) is 3. The van der Waals surface area contributed by atoms with Crippen LogP contribution in [0.3, 0.4) is 0 Å². The Morgan fingerprint density at radius 3 is 2.68 bits per heavy atom. The van der Waals surface area contributed by atoms with Gasteiger partial charge in [-0.1, -0.05) is 0 Å². The van der Waals surface area contributed by atoms with Crippen LogP contribution in [-0.2, 0) is 14.8 Å². The van der Waals surface area contributed by atoms with Gasteiger partial charge in [-0.15, -0.1) is 0 Å². The number of halogens is 1. The monoisotopic (exact) mass is 479 g/mol. The molecule has 31 heavy (non-hydrogen) atoms. The smallest absolute Gasteiger partial charge is 0.322 e. The highest BCUT2D eigenvalue weighted by Gasteiger charge is 2.55. The molecule has 2 saturated heterocycles. The van der Waals surface area contributed by atoms with Crippen LogP contribution in [0, 0.1) is 0 Å². The Hall–Kier alpha value is -0.660. The lowest BCUT2D eigenvalue weighted by Gasteiger charge is -2.37. The second-order valence-corrected chi connectivity index (χ2v) is 12.2. The van der Waals surface area contributed by atoms with Crippen molar-refractivity contribution in [1.29, 1.82) is 0 Å². The van der Waals surface area contributed by atoms with Gasteiger partial charge in [0.2, 0.25) is 10.0 Å². The zero-order valence-corrected chi connectivity index (χ0v) is 20.0. The first-order valence-electron chi connectivity index (χ1n) is 11.1. The Morgan fingerprint density at radius 2 is 2.10 bits per heavy atom. The van der Waals surface area contributed by atoms with Gasteiger partial charge in [0.25, 0.3) is 0 Å². The SMILES string of the molecule is COC(C)CCN1C(=O)N(C2NC(C)NS2)C2CC(S(=O)(=O)NC3(CF)CC3)CCC21. The number of hydrogen-bond donors (Lipinski definition) is 3. The van der Waals surface area contributed by atoms with E-state index in [2.05, 4.69) is 14.8 Å². The number of ether oxygens (including phenoxy) is 1. The molecule has 4 fully saturated rings. The topological polar surface area (TPSA) is 103 Å². The first-order chi connectivity index (χ1) is 14.7. The summed E-state index contributed by atoms with van der Waals surface area (Å²) in [5.41, 5.74) is -1.15. The summed E-state index contributed by atoms with van der Waals surface area (Å²) >= 11 is 1.45. The predicted molar refractivity (Wildman–Crippen MR) is 117 cm³/mol. The van der Waals surface area contributed by atoms with Crippen molar-refractivity contribution in [2.75, 3.05) is 20.3 Å². The lowest BCUT2D eigenvalue weighted by Crippen LogP contribution is -2.53. The zero-order valence-electron chi connectivity index (χ0n) is 18.3. The molecular weight excluding hydrogens is 445 g/mol. The average molecular weight is 480 g/mol. The van der Waals surface area contributed by atoms with Gasteiger partial charge in [0, 0.05) is 13.7 Å². The van der Waals surface area contributed by atoms with Gasteiger partial charge in [0.05, 0.1) is 35.1 Å². The molecule has 2 amide bonds. The van der Waals surface area contributed by atoms with Gasteiger partial charge < -0.3 is 9.64 Å². The highest BCUT2D eigenvalue weighted by Crippen LogP contribution is 2.41. The number of fused-ring (bicyclic) bond motifs is 1. The third-order valence-corrected chi connectivity index (χ3v) is 10.1. The van der Waals surface area contributed by atoms with Gasteiger partial charge in [-0.05, 0) is 64.3 Å². The summed E-state index contributed by atoms with van der Waals surface area (Å²) in [4.78, 5) is 17.1. The summed E-state index contributed by atoms with van der Waals surface area (Å²) in [7, 11) is -2.00. The van der Waals surface area contributed by atoms with Crippen LogP contribution in [0.15, 0.2) is 0 Å². The van der Waals surface area contributed by atoms with Crippen LogP contribution < -0.4 is 14.8 Å². The maximum absolute atomic E-state index is 13.4. The third kappa shape index (κ3) is 4.70. The zero-order chi connectivity index (χ0) is 22.4. The van der Waals surface area contributed by atoms with Crippen LogP contribution in [0.5, 0.6) is 0 Å². The molecule has 0 radical (unpaired) electrons. The van der Waals surface area contributed by atoms with Gasteiger partial charge in [-0.25, -0.2) is 27.0 Å². The fraction of sp³-hybridized carbons (Fsp3) is 0.947. The molecule has 0 aromatic rings. The Balaban J connectivity index is 1.52. The molecule has 3 N–H and O–H groups in total. The van der Waals surface area contributed by atoms with Crippen molar-refractivity contribution >= 4 is 28.0 Å². The summed E-state index contributed by atoms with van der Waals surface area (Å²) in [5.74, 6) is 0. The molecule has 2 saturated carbocycles. The minimum absolute atomic E-state index is 0.0302. The Bertz CT molecular complexity index is 783. The molecule has 0 aromatic carbocycles. The summed E-state index contributed by atoms with van der Waals surface area (Å²) in [6.07, 6.45) is 3.34. The molecule has 12 heteroatoms. The number of hydrogen-bond acceptors (Lipinski definition) is 7. The van der Waals surface area contributed by atoms with E-state index >= 15 is 0 Å². The van der Waals surface area contributed by atoms with Crippen molar-refractivity contribution in [2.24, 2.45) is 0 Å². The highest BCUT2D eigenvalue weighted by atomic mass is 32.2. The second-order valence-electron chi connectivity index (χ2n) is 9.33. The van der Waals surface area contributed by atoms with Crippen LogP contribution in [0.4, 0.5) is 9.18 Å². The molecule has 2 aliphatic carbocycles. The van der Waals surface area contributed by atoms with E-state index in [4.69, 9.17) is 4.74 Å². The first-order valence-corrected chi connectivity index (χ1v) is 13.5. The maximum atomic E-state index is 13.4. The third-order valence-electron chi connectivity index (χ3n) is 7.04. The lowest BCUT2D eigenvalue weighted by molar-refractivity contribution is 0.0963. The van der Waals surface area contributed by atoms with Crippen LogP contribution in [-0.4, -0.2) is 85.2 Å². The Morgan fingerprint density at radius 1 is 1.35 bits per heavy atom. The van der Waals surface area contributed by atoms with E-state index in [9.17, 15) is 17.6 Å². The Labute approximate surface area is 188 Å². The molecule has 178 valence electrons. The standard InChI is InChI=1S/C19H34FN5O4S2/c1-12(29-3)6-9-24-15-5-4-14(31(27,28)23-19(11-20)7-8-19)10-16(15)25(18(24)26)17-21-13(2)22-30-17/h12-17,21-23H,4-11H2,1-3H3. The van der Waals surface area contributed by atoms with E-state index in [1.54, 1.807) is 7.11 Å². The van der Waals surface area contributed by atoms with E-state index in [0.717, 1.165) is 6.42 Å². The predicted octanol–water partition coefficient (Wildman–Crippen LogP) is 1.33. The fourth-order valence-corrected chi connectivity index (χ4v) is 7.79. The van der Waals surface area contributed by atoms with Gasteiger partial charge in [-0.3, -0.25) is 10.2 Å². The largest absolute Gasteiger partial charge is 0.382 e. The summed E-state index contributed by atoms with van der Waals surface area (Å²) < 4.78 is 50.6. The molecule has 4 rings (SSSR count). The van der Waals surface area contributed by atoms with Crippen LogP contribution >= 0.6 is 11.9 Å². The molecule has 6 unspecified atom stereocenters. The average Bonchev–Trinajstić information content (AvgIpc) is 3.28. The highest BCUT2D eigenvalue weighted by molar-refractivity contribution is 7.98. The summed E-state index contributed by atoms with van der Waals surface area (Å²) in [5, 5.41) is 2.74. The number of methoxy groups -OCH3 is 1. The number of alkyl halides is 1. The van der Waals surface area contributed by atoms with Crippen molar-refractivity contribution in [1.82, 2.24) is 24.6 Å². The number of carbonyl (C=O) groups is 1. The molecule has 9 nitrogen and oxygen atoms in total. The van der Waals surface area contributed by atoms with E-state index in [1.807, 2.05) is 23.6 Å². The molecule has 6 atom stereocenters. The van der Waals surface area contributed by atoms with Gasteiger partial charge in [-0.2, -0.15) is 0 Å². The van der Waals surface area contributed by atoms with E-state index < -0.39 is 27.5 Å². The minimum Gasteiger partial charge on any atom is -0.382 e. The molecule has 4 aliphatic rings. The van der Waals surface area contributed by atoms with Crippen LogP contribution in [0.1, 0.15) is 52.4 Å². The second kappa shape index (κ2) is 8.94. The number of nitrogens with zero attached hydrogens (tertiary/aromatic N) is 2. The minimum atomic E-state index is -3.66. The quantitative estimate of drug-likeness (QED) is 0.429. The maximum Gasteiger partial charge on any atom is 0.322 e. The van der Waals surface area contributed by atoms with E-state index in [1.165, 1.54) is 11.9 Å². The molecule has 0 spiro atoms. The van der Waals surface area contributed by atoms with Crippen molar-refractivity contribution < 1.29 is 22.3 Å². The van der Waals surface area contributed by atoms with Crippen LogP contribution in [0.2, 0.25) is 0 Å². The van der Waals surface area contributed by atoms with Gasteiger partial charge in [0.1, 0.15) is 12.2 Å². The summed E-state index contributed by atoms with van der Waals surface area (Å²) in [6, 6.07) is -0.302. The molecule has 0 bridgehead atoms. The summed E-state index contributed by atoms with van der Waals surface area (Å²) in [6.45, 7) is 3.86. The Kier molecular flexibility index (Phi) is 6.78. The number of rotatable bonds is 9. The number of carbonyl (C=O) groups excluding carboxylic acids is 1. The molecule has 2 aliphatic heterocycles. The van der Waals surface area contributed by atoms with Crippen molar-refractivity contribution in [2.45, 2.75) is 93.0 Å². The van der Waals surface area contributed by atoms with Crippen LogP contribution in [0.25, 0.3) is 0 Å². The van der Waals surface area contributed by atoms with Crippen molar-refractivity contribution in [3.63, 3.8) is 0 Å². The lowest BCUT2D eigenvalue weighted by atomic mass is 9.89.